The first-order valence-corrected chi connectivity index (χ1v) is 7.33. The van der Waals surface area contributed by atoms with E-state index in [1.54, 1.807) is 12.1 Å². The van der Waals surface area contributed by atoms with Gasteiger partial charge in [-0.1, -0.05) is 13.0 Å². The van der Waals surface area contributed by atoms with E-state index in [9.17, 15) is 9.90 Å². The van der Waals surface area contributed by atoms with Gasteiger partial charge in [0.1, 0.15) is 11.3 Å². The molecular formula is C16H23N3O2. The Kier molecular flexibility index (Phi) is 4.63. The van der Waals surface area contributed by atoms with Crippen molar-refractivity contribution < 1.29 is 9.90 Å². The standard InChI is InChI=1S/C16H23N3O2/c1-5-7-14-17-15-12(16(20)21)8-6-9-13(15)19(14)10-11(2)18(3)4/h6,8-9,11H,5,7,10H2,1-4H3,(H,20,21). The Morgan fingerprint density at radius 2 is 2.14 bits per heavy atom. The number of carboxylic acid groups (broad SMARTS) is 1. The highest BCUT2D eigenvalue weighted by Gasteiger charge is 2.18. The van der Waals surface area contributed by atoms with Crippen LogP contribution in [-0.2, 0) is 13.0 Å². The van der Waals surface area contributed by atoms with Crippen molar-refractivity contribution in [3.63, 3.8) is 0 Å². The third-order valence-corrected chi connectivity index (χ3v) is 3.89. The van der Waals surface area contributed by atoms with E-state index in [0.29, 0.717) is 11.6 Å². The van der Waals surface area contributed by atoms with Crippen LogP contribution < -0.4 is 0 Å². The number of aryl methyl sites for hydroxylation is 1. The Hall–Kier alpha value is -1.88. The first-order valence-electron chi connectivity index (χ1n) is 7.33. The molecule has 0 radical (unpaired) electrons. The quantitative estimate of drug-likeness (QED) is 0.888. The first-order chi connectivity index (χ1) is 9.95. The lowest BCUT2D eigenvalue weighted by molar-refractivity contribution is 0.0699. The molecule has 5 heteroatoms. The zero-order chi connectivity index (χ0) is 15.6. The van der Waals surface area contributed by atoms with Crippen molar-refractivity contribution in [1.82, 2.24) is 14.5 Å². The average molecular weight is 289 g/mol. The monoisotopic (exact) mass is 289 g/mol. The lowest BCUT2D eigenvalue weighted by Gasteiger charge is -2.21. The maximum atomic E-state index is 11.4. The van der Waals surface area contributed by atoms with Gasteiger partial charge >= 0.3 is 5.97 Å². The fourth-order valence-electron chi connectivity index (χ4n) is 2.41. The van der Waals surface area contributed by atoms with Crippen LogP contribution in [0.15, 0.2) is 18.2 Å². The number of aromatic nitrogens is 2. The van der Waals surface area contributed by atoms with Crippen molar-refractivity contribution in [2.75, 3.05) is 14.1 Å². The van der Waals surface area contributed by atoms with Crippen LogP contribution in [0.2, 0.25) is 0 Å². The molecule has 0 aliphatic rings. The molecule has 0 aliphatic carbocycles. The zero-order valence-corrected chi connectivity index (χ0v) is 13.1. The van der Waals surface area contributed by atoms with Gasteiger partial charge in [-0.3, -0.25) is 0 Å². The second-order valence-corrected chi connectivity index (χ2v) is 5.68. The van der Waals surface area contributed by atoms with E-state index in [1.165, 1.54) is 0 Å². The molecule has 0 bridgehead atoms. The van der Waals surface area contributed by atoms with Crippen LogP contribution >= 0.6 is 0 Å². The first kappa shape index (κ1) is 15.5. The van der Waals surface area contributed by atoms with Gasteiger partial charge in [-0.15, -0.1) is 0 Å². The Labute approximate surface area is 125 Å². The predicted octanol–water partition coefficient (Wildman–Crippen LogP) is 2.64. The minimum atomic E-state index is -0.922. The van der Waals surface area contributed by atoms with E-state index in [0.717, 1.165) is 30.7 Å². The highest BCUT2D eigenvalue weighted by atomic mass is 16.4. The van der Waals surface area contributed by atoms with Crippen LogP contribution in [0.4, 0.5) is 0 Å². The maximum absolute atomic E-state index is 11.4. The number of benzene rings is 1. The van der Waals surface area contributed by atoms with Gasteiger partial charge in [0.2, 0.25) is 0 Å². The summed E-state index contributed by atoms with van der Waals surface area (Å²) in [4.78, 5) is 18.1. The number of imidazole rings is 1. The van der Waals surface area contributed by atoms with Gasteiger partial charge < -0.3 is 14.6 Å². The molecule has 0 saturated carbocycles. The smallest absolute Gasteiger partial charge is 0.337 e. The molecule has 2 rings (SSSR count). The highest BCUT2D eigenvalue weighted by Crippen LogP contribution is 2.22. The molecule has 114 valence electrons. The van der Waals surface area contributed by atoms with Gasteiger partial charge in [0, 0.05) is 19.0 Å². The summed E-state index contributed by atoms with van der Waals surface area (Å²) in [6.07, 6.45) is 1.84. The van der Waals surface area contributed by atoms with Crippen molar-refractivity contribution in [3.05, 3.63) is 29.6 Å². The normalized spacial score (nSPS) is 13.0. The van der Waals surface area contributed by atoms with Gasteiger partial charge in [-0.05, 0) is 39.6 Å². The van der Waals surface area contributed by atoms with Crippen molar-refractivity contribution in [1.29, 1.82) is 0 Å². The number of aromatic carboxylic acids is 1. The minimum absolute atomic E-state index is 0.279. The van der Waals surface area contributed by atoms with E-state index >= 15 is 0 Å². The fraction of sp³-hybridized carbons (Fsp3) is 0.500. The van der Waals surface area contributed by atoms with Crippen molar-refractivity contribution in [2.45, 2.75) is 39.3 Å². The molecule has 0 amide bonds. The number of para-hydroxylation sites is 1. The molecule has 0 spiro atoms. The summed E-state index contributed by atoms with van der Waals surface area (Å²) in [7, 11) is 4.10. The molecule has 5 nitrogen and oxygen atoms in total. The van der Waals surface area contributed by atoms with Gasteiger partial charge in [-0.2, -0.15) is 0 Å². The second kappa shape index (κ2) is 6.26. The summed E-state index contributed by atoms with van der Waals surface area (Å²) >= 11 is 0. The molecule has 1 atom stereocenters. The number of fused-ring (bicyclic) bond motifs is 1. The predicted molar refractivity (Wildman–Crippen MR) is 83.8 cm³/mol. The fourth-order valence-corrected chi connectivity index (χ4v) is 2.41. The topological polar surface area (TPSA) is 58.4 Å². The Balaban J connectivity index is 2.57. The lowest BCUT2D eigenvalue weighted by Crippen LogP contribution is -2.29. The van der Waals surface area contributed by atoms with E-state index in [2.05, 4.69) is 28.3 Å². The van der Waals surface area contributed by atoms with Gasteiger partial charge in [0.05, 0.1) is 11.1 Å². The molecule has 1 unspecified atom stereocenters. The van der Waals surface area contributed by atoms with Gasteiger partial charge in [0.25, 0.3) is 0 Å². The average Bonchev–Trinajstić information content (AvgIpc) is 2.77. The van der Waals surface area contributed by atoms with Gasteiger partial charge in [-0.25, -0.2) is 9.78 Å². The van der Waals surface area contributed by atoms with Crippen LogP contribution in [-0.4, -0.2) is 45.7 Å². The van der Waals surface area contributed by atoms with Crippen LogP contribution in [0.1, 0.15) is 36.5 Å². The Bertz CT molecular complexity index is 646. The molecule has 0 saturated heterocycles. The Morgan fingerprint density at radius 1 is 1.43 bits per heavy atom. The van der Waals surface area contributed by atoms with Gasteiger partial charge in [0.15, 0.2) is 0 Å². The minimum Gasteiger partial charge on any atom is -0.478 e. The zero-order valence-electron chi connectivity index (χ0n) is 13.1. The molecule has 21 heavy (non-hydrogen) atoms. The number of carbonyl (C=O) groups is 1. The van der Waals surface area contributed by atoms with Crippen LogP contribution in [0, 0.1) is 0 Å². The SMILES string of the molecule is CCCc1nc2c(C(=O)O)cccc2n1CC(C)N(C)C. The summed E-state index contributed by atoms with van der Waals surface area (Å²) < 4.78 is 2.16. The number of nitrogens with zero attached hydrogens (tertiary/aromatic N) is 3. The molecular weight excluding hydrogens is 266 g/mol. The highest BCUT2D eigenvalue weighted by molar-refractivity contribution is 6.01. The van der Waals surface area contributed by atoms with Crippen molar-refractivity contribution in [2.24, 2.45) is 0 Å². The summed E-state index contributed by atoms with van der Waals surface area (Å²) in [5, 5.41) is 9.33. The van der Waals surface area contributed by atoms with Crippen LogP contribution in [0.5, 0.6) is 0 Å². The molecule has 1 aromatic heterocycles. The number of carboxylic acids is 1. The number of likely N-dealkylation sites (N-methyl/N-ethyl adjacent to an activating group) is 1. The van der Waals surface area contributed by atoms with Crippen molar-refractivity contribution in [3.8, 4) is 0 Å². The molecule has 0 aliphatic heterocycles. The summed E-state index contributed by atoms with van der Waals surface area (Å²) in [6.45, 7) is 5.07. The number of hydrogen-bond acceptors (Lipinski definition) is 3. The molecule has 0 fully saturated rings. The maximum Gasteiger partial charge on any atom is 0.337 e. The largest absolute Gasteiger partial charge is 0.478 e. The number of hydrogen-bond donors (Lipinski definition) is 1. The Morgan fingerprint density at radius 3 is 2.71 bits per heavy atom. The number of rotatable bonds is 6. The summed E-state index contributed by atoms with van der Waals surface area (Å²) in [6, 6.07) is 5.72. The molecule has 1 aromatic carbocycles. The summed E-state index contributed by atoms with van der Waals surface area (Å²) in [5.74, 6) is 0.0452. The summed E-state index contributed by atoms with van der Waals surface area (Å²) in [5.41, 5.74) is 1.78. The van der Waals surface area contributed by atoms with E-state index in [1.807, 2.05) is 20.2 Å². The third kappa shape index (κ3) is 3.08. The van der Waals surface area contributed by atoms with E-state index in [4.69, 9.17) is 0 Å². The van der Waals surface area contributed by atoms with E-state index in [-0.39, 0.29) is 5.56 Å². The molecule has 1 heterocycles. The third-order valence-electron chi connectivity index (χ3n) is 3.89. The lowest BCUT2D eigenvalue weighted by atomic mass is 10.2. The van der Waals surface area contributed by atoms with Crippen molar-refractivity contribution >= 4 is 17.0 Å². The van der Waals surface area contributed by atoms with E-state index < -0.39 is 5.97 Å². The van der Waals surface area contributed by atoms with Crippen LogP contribution in [0.25, 0.3) is 11.0 Å². The van der Waals surface area contributed by atoms with Crippen LogP contribution in [0.3, 0.4) is 0 Å². The second-order valence-electron chi connectivity index (χ2n) is 5.68. The molecule has 2 aromatic rings. The molecule has 1 N–H and O–H groups in total.